The standard InChI is InChI=1S/C7H8O3S.C6H12O/c1-6-2-4-7(5-3-6)11(8,9)10;1-2-3-4-5-6-7/h2-5H,1H3,(H,8,9,10);4-5,7H,2-3,6H2,1H3. The number of rotatable bonds is 4. The fraction of sp³-hybridized carbons (Fsp3) is 0.385. The molecule has 0 radical (unpaired) electrons. The Morgan fingerprint density at radius 1 is 1.17 bits per heavy atom. The van der Waals surface area contributed by atoms with Crippen molar-refractivity contribution in [2.45, 2.75) is 31.6 Å². The summed E-state index contributed by atoms with van der Waals surface area (Å²) in [5, 5.41) is 8.21. The van der Waals surface area contributed by atoms with Gasteiger partial charge in [-0.25, -0.2) is 0 Å². The van der Waals surface area contributed by atoms with Gasteiger partial charge in [-0.05, 0) is 25.5 Å². The van der Waals surface area contributed by atoms with Crippen LogP contribution in [0, 0.1) is 6.92 Å². The lowest BCUT2D eigenvalue weighted by Gasteiger charge is -1.95. The van der Waals surface area contributed by atoms with Gasteiger partial charge in [-0.2, -0.15) is 8.42 Å². The molecule has 1 aromatic carbocycles. The normalized spacial score (nSPS) is 11.1. The highest BCUT2D eigenvalue weighted by Crippen LogP contribution is 2.08. The molecular formula is C13H20O4S. The van der Waals surface area contributed by atoms with Gasteiger partial charge in [0.1, 0.15) is 0 Å². The predicted octanol–water partition coefficient (Wildman–Crippen LogP) is 2.58. The molecule has 0 heterocycles. The summed E-state index contributed by atoms with van der Waals surface area (Å²) in [6.07, 6.45) is 6.00. The maximum atomic E-state index is 10.5. The minimum absolute atomic E-state index is 0.0666. The number of unbranched alkanes of at least 4 members (excludes halogenated alkanes) is 1. The molecule has 0 spiro atoms. The van der Waals surface area contributed by atoms with Crippen LogP contribution in [0.3, 0.4) is 0 Å². The van der Waals surface area contributed by atoms with E-state index >= 15 is 0 Å². The molecule has 4 nitrogen and oxygen atoms in total. The van der Waals surface area contributed by atoms with Gasteiger partial charge < -0.3 is 5.11 Å². The summed E-state index contributed by atoms with van der Waals surface area (Å²) < 4.78 is 29.6. The molecular weight excluding hydrogens is 252 g/mol. The average molecular weight is 272 g/mol. The number of hydrogen-bond donors (Lipinski definition) is 2. The van der Waals surface area contributed by atoms with E-state index in [4.69, 9.17) is 9.66 Å². The molecule has 102 valence electrons. The van der Waals surface area contributed by atoms with Crippen molar-refractivity contribution in [1.29, 1.82) is 0 Å². The smallest absolute Gasteiger partial charge is 0.294 e. The number of aliphatic hydroxyl groups excluding tert-OH is 1. The van der Waals surface area contributed by atoms with Crippen LogP contribution < -0.4 is 0 Å². The van der Waals surface area contributed by atoms with Crippen LogP contribution in [0.2, 0.25) is 0 Å². The lowest BCUT2D eigenvalue weighted by molar-refractivity contribution is 0.342. The van der Waals surface area contributed by atoms with Gasteiger partial charge in [-0.15, -0.1) is 0 Å². The predicted molar refractivity (Wildman–Crippen MR) is 72.1 cm³/mol. The molecule has 0 fully saturated rings. The zero-order chi connectivity index (χ0) is 14.0. The fourth-order valence-corrected chi connectivity index (χ4v) is 1.55. The number of aryl methyl sites for hydroxylation is 1. The first-order valence-electron chi connectivity index (χ1n) is 5.71. The van der Waals surface area contributed by atoms with Crippen LogP contribution in [0.15, 0.2) is 41.3 Å². The van der Waals surface area contributed by atoms with Crippen LogP contribution in [0.5, 0.6) is 0 Å². The number of allylic oxidation sites excluding steroid dienone is 1. The summed E-state index contributed by atoms with van der Waals surface area (Å²) >= 11 is 0. The summed E-state index contributed by atoms with van der Waals surface area (Å²) in [5.41, 5.74) is 0.956. The Morgan fingerprint density at radius 2 is 1.72 bits per heavy atom. The molecule has 0 bridgehead atoms. The Labute approximate surface area is 109 Å². The third-order valence-corrected chi connectivity index (χ3v) is 2.91. The molecule has 1 aromatic rings. The van der Waals surface area contributed by atoms with Gasteiger partial charge in [0.2, 0.25) is 0 Å². The molecule has 0 saturated carbocycles. The van der Waals surface area contributed by atoms with E-state index in [9.17, 15) is 8.42 Å². The van der Waals surface area contributed by atoms with Gasteiger partial charge >= 0.3 is 0 Å². The minimum Gasteiger partial charge on any atom is -0.392 e. The van der Waals surface area contributed by atoms with Crippen LogP contribution >= 0.6 is 0 Å². The van der Waals surface area contributed by atoms with Crippen molar-refractivity contribution in [2.75, 3.05) is 6.61 Å². The summed E-state index contributed by atoms with van der Waals surface area (Å²) in [6, 6.07) is 5.99. The highest BCUT2D eigenvalue weighted by molar-refractivity contribution is 7.85. The van der Waals surface area contributed by atoms with Gasteiger partial charge in [-0.1, -0.05) is 43.2 Å². The van der Waals surface area contributed by atoms with E-state index < -0.39 is 10.1 Å². The van der Waals surface area contributed by atoms with Gasteiger partial charge in [-0.3, -0.25) is 4.55 Å². The van der Waals surface area contributed by atoms with Crippen molar-refractivity contribution in [1.82, 2.24) is 0 Å². The lowest BCUT2D eigenvalue weighted by Crippen LogP contribution is -1.96. The molecule has 0 aliphatic rings. The highest BCUT2D eigenvalue weighted by Gasteiger charge is 2.06. The van der Waals surface area contributed by atoms with Gasteiger partial charge in [0.15, 0.2) is 0 Å². The molecule has 0 aromatic heterocycles. The third kappa shape index (κ3) is 8.00. The molecule has 2 N–H and O–H groups in total. The Morgan fingerprint density at radius 3 is 2.11 bits per heavy atom. The summed E-state index contributed by atoms with van der Waals surface area (Å²) in [5.74, 6) is 0. The van der Waals surface area contributed by atoms with Crippen LogP contribution in [0.4, 0.5) is 0 Å². The van der Waals surface area contributed by atoms with Gasteiger partial charge in [0, 0.05) is 0 Å². The second kappa shape index (κ2) is 8.85. The molecule has 0 aliphatic heterocycles. The topological polar surface area (TPSA) is 74.6 Å². The number of hydrogen-bond acceptors (Lipinski definition) is 3. The summed E-state index contributed by atoms with van der Waals surface area (Å²) in [6.45, 7) is 4.13. The maximum Gasteiger partial charge on any atom is 0.294 e. The van der Waals surface area contributed by atoms with E-state index in [-0.39, 0.29) is 11.5 Å². The minimum atomic E-state index is -4.02. The third-order valence-electron chi connectivity index (χ3n) is 2.05. The van der Waals surface area contributed by atoms with Crippen LogP contribution in [-0.4, -0.2) is 24.7 Å². The molecule has 0 atom stereocenters. The Hall–Kier alpha value is -1.17. The summed E-state index contributed by atoms with van der Waals surface area (Å²) in [7, 11) is -4.02. The summed E-state index contributed by atoms with van der Waals surface area (Å²) in [4.78, 5) is -0.0666. The Kier molecular flexibility index (Phi) is 8.28. The van der Waals surface area contributed by atoms with E-state index in [0.717, 1.165) is 18.4 Å². The van der Waals surface area contributed by atoms with Crippen molar-refractivity contribution in [3.63, 3.8) is 0 Å². The quantitative estimate of drug-likeness (QED) is 0.652. The molecule has 0 amide bonds. The molecule has 0 aliphatic carbocycles. The fourth-order valence-electron chi connectivity index (χ4n) is 1.07. The zero-order valence-electron chi connectivity index (χ0n) is 10.7. The van der Waals surface area contributed by atoms with E-state index in [0.29, 0.717) is 0 Å². The van der Waals surface area contributed by atoms with Crippen LogP contribution in [0.25, 0.3) is 0 Å². The van der Waals surface area contributed by atoms with E-state index in [1.165, 1.54) is 12.1 Å². The zero-order valence-corrected chi connectivity index (χ0v) is 11.5. The number of aliphatic hydroxyl groups is 1. The SMILES string of the molecule is CCCC=CCO.Cc1ccc(S(=O)(=O)O)cc1. The van der Waals surface area contributed by atoms with Gasteiger partial charge in [0.25, 0.3) is 10.1 Å². The first-order chi connectivity index (χ1) is 8.41. The highest BCUT2D eigenvalue weighted by atomic mass is 32.2. The van der Waals surface area contributed by atoms with Crippen molar-refractivity contribution < 1.29 is 18.1 Å². The first kappa shape index (κ1) is 16.8. The van der Waals surface area contributed by atoms with Crippen molar-refractivity contribution in [2.24, 2.45) is 0 Å². The van der Waals surface area contributed by atoms with E-state index in [1.54, 1.807) is 18.2 Å². The lowest BCUT2D eigenvalue weighted by atomic mass is 10.2. The van der Waals surface area contributed by atoms with Crippen molar-refractivity contribution in [3.05, 3.63) is 42.0 Å². The first-order valence-corrected chi connectivity index (χ1v) is 7.15. The Bertz CT molecular complexity index is 446. The van der Waals surface area contributed by atoms with Crippen molar-refractivity contribution >= 4 is 10.1 Å². The molecule has 5 heteroatoms. The van der Waals surface area contributed by atoms with Gasteiger partial charge in [0.05, 0.1) is 11.5 Å². The van der Waals surface area contributed by atoms with Crippen LogP contribution in [0.1, 0.15) is 25.3 Å². The second-order valence-electron chi connectivity index (χ2n) is 3.73. The number of benzene rings is 1. The van der Waals surface area contributed by atoms with Crippen LogP contribution in [-0.2, 0) is 10.1 Å². The monoisotopic (exact) mass is 272 g/mol. The van der Waals surface area contributed by atoms with Crippen molar-refractivity contribution in [3.8, 4) is 0 Å². The maximum absolute atomic E-state index is 10.5. The second-order valence-corrected chi connectivity index (χ2v) is 5.15. The molecule has 1 rings (SSSR count). The Balaban J connectivity index is 0.000000360. The molecule has 18 heavy (non-hydrogen) atoms. The molecule has 0 unspecified atom stereocenters. The largest absolute Gasteiger partial charge is 0.392 e. The van der Waals surface area contributed by atoms with E-state index in [1.807, 2.05) is 13.0 Å². The van der Waals surface area contributed by atoms with E-state index in [2.05, 4.69) is 6.92 Å². The molecule has 0 saturated heterocycles. The average Bonchev–Trinajstić information content (AvgIpc) is 2.30.